The van der Waals surface area contributed by atoms with E-state index in [2.05, 4.69) is 15.3 Å². The van der Waals surface area contributed by atoms with Crippen LogP contribution >= 0.6 is 0 Å². The van der Waals surface area contributed by atoms with Gasteiger partial charge in [-0.3, -0.25) is 14.6 Å². The van der Waals surface area contributed by atoms with Crippen molar-refractivity contribution in [2.45, 2.75) is 18.2 Å². The van der Waals surface area contributed by atoms with Crippen LogP contribution < -0.4 is 5.32 Å². The molecule has 1 atom stereocenters. The number of benzene rings is 1. The monoisotopic (exact) mass is 472 g/mol. The Morgan fingerprint density at radius 3 is 2.73 bits per heavy atom. The molecule has 2 amide bonds. The Labute approximate surface area is 189 Å². The van der Waals surface area contributed by atoms with Crippen molar-refractivity contribution in [1.29, 1.82) is 0 Å². The van der Waals surface area contributed by atoms with Crippen LogP contribution in [0, 0.1) is 5.82 Å². The molecule has 0 spiro atoms. The fourth-order valence-corrected chi connectivity index (χ4v) is 5.39. The number of carbonyl (C=O) groups excluding carboxylic acids is 2. The molecule has 9 nitrogen and oxygen atoms in total. The molecule has 1 fully saturated rings. The molecule has 1 saturated heterocycles. The van der Waals surface area contributed by atoms with E-state index in [1.807, 2.05) is 0 Å². The standard InChI is InChI=1S/C22H21FN4O5S/c1-27-9-10-33(31,32)16(11-17(27)28)18-15-3-2-8-24-19(15)21(29)20(26-18)22(30)25-12-13-4-6-14(23)7-5-13/h2-8,16,29H,9-12H2,1H3,(H,25,30). The smallest absolute Gasteiger partial charge is 0.274 e. The van der Waals surface area contributed by atoms with Crippen molar-refractivity contribution >= 4 is 32.6 Å². The molecular formula is C22H21FN4O5S. The van der Waals surface area contributed by atoms with Gasteiger partial charge in [-0.05, 0) is 29.8 Å². The van der Waals surface area contributed by atoms with Crippen LogP contribution in [-0.4, -0.2) is 59.6 Å². The first-order chi connectivity index (χ1) is 15.7. The maximum atomic E-state index is 13.1. The van der Waals surface area contributed by atoms with Gasteiger partial charge >= 0.3 is 0 Å². The van der Waals surface area contributed by atoms with Crippen LogP contribution in [0.25, 0.3) is 10.9 Å². The highest BCUT2D eigenvalue weighted by atomic mass is 32.2. The highest BCUT2D eigenvalue weighted by Crippen LogP contribution is 2.36. The van der Waals surface area contributed by atoms with E-state index in [0.717, 1.165) is 0 Å². The molecule has 2 N–H and O–H groups in total. The minimum absolute atomic E-state index is 0.00789. The number of nitrogens with zero attached hydrogens (tertiary/aromatic N) is 3. The SMILES string of the molecule is CN1CCS(=O)(=O)C(c2nc(C(=O)NCc3ccc(F)cc3)c(O)c3ncccc23)CC1=O. The summed E-state index contributed by atoms with van der Waals surface area (Å²) in [5.41, 5.74) is 0.211. The van der Waals surface area contributed by atoms with Crippen molar-refractivity contribution in [2.24, 2.45) is 0 Å². The number of fused-ring (bicyclic) bond motifs is 1. The molecule has 3 heterocycles. The number of aromatic hydroxyl groups is 1. The largest absolute Gasteiger partial charge is 0.504 e. The zero-order chi connectivity index (χ0) is 23.8. The number of halogens is 1. The summed E-state index contributed by atoms with van der Waals surface area (Å²) in [5.74, 6) is -2.30. The first kappa shape index (κ1) is 22.6. The summed E-state index contributed by atoms with van der Waals surface area (Å²) < 4.78 is 39.1. The summed E-state index contributed by atoms with van der Waals surface area (Å²) in [4.78, 5) is 35.0. The van der Waals surface area contributed by atoms with Gasteiger partial charge in [0.15, 0.2) is 21.3 Å². The van der Waals surface area contributed by atoms with Crippen molar-refractivity contribution in [2.75, 3.05) is 19.3 Å². The van der Waals surface area contributed by atoms with Gasteiger partial charge in [-0.25, -0.2) is 17.8 Å². The van der Waals surface area contributed by atoms with E-state index >= 15 is 0 Å². The molecule has 172 valence electrons. The summed E-state index contributed by atoms with van der Waals surface area (Å²) >= 11 is 0. The van der Waals surface area contributed by atoms with Gasteiger partial charge in [0.05, 0.1) is 11.4 Å². The topological polar surface area (TPSA) is 130 Å². The fourth-order valence-electron chi connectivity index (χ4n) is 3.66. The lowest BCUT2D eigenvalue weighted by molar-refractivity contribution is -0.129. The summed E-state index contributed by atoms with van der Waals surface area (Å²) in [6.07, 6.45) is 1.06. The second-order valence-electron chi connectivity index (χ2n) is 7.78. The molecule has 3 aromatic rings. The molecule has 0 bridgehead atoms. The van der Waals surface area contributed by atoms with E-state index in [1.54, 1.807) is 12.1 Å². The Balaban J connectivity index is 1.77. The zero-order valence-corrected chi connectivity index (χ0v) is 18.5. The Kier molecular flexibility index (Phi) is 5.98. The van der Waals surface area contributed by atoms with E-state index in [9.17, 15) is 27.5 Å². The fraction of sp³-hybridized carbons (Fsp3) is 0.273. The number of hydrogen-bond donors (Lipinski definition) is 2. The normalized spacial score (nSPS) is 18.2. The van der Waals surface area contributed by atoms with Crippen molar-refractivity contribution in [1.82, 2.24) is 20.2 Å². The van der Waals surface area contributed by atoms with Crippen molar-refractivity contribution < 1.29 is 27.5 Å². The first-order valence-electron chi connectivity index (χ1n) is 10.1. The van der Waals surface area contributed by atoms with Gasteiger partial charge in [0, 0.05) is 38.1 Å². The number of sulfone groups is 1. The van der Waals surface area contributed by atoms with Gasteiger partial charge in [0.2, 0.25) is 5.91 Å². The first-order valence-corrected chi connectivity index (χ1v) is 11.8. The maximum absolute atomic E-state index is 13.1. The zero-order valence-electron chi connectivity index (χ0n) is 17.7. The van der Waals surface area contributed by atoms with Crippen LogP contribution in [0.3, 0.4) is 0 Å². The van der Waals surface area contributed by atoms with Crippen LogP contribution in [0.2, 0.25) is 0 Å². The quantitative estimate of drug-likeness (QED) is 0.591. The van der Waals surface area contributed by atoms with E-state index in [0.29, 0.717) is 5.56 Å². The van der Waals surface area contributed by atoms with Gasteiger partial charge in [0.1, 0.15) is 16.6 Å². The lowest BCUT2D eigenvalue weighted by atomic mass is 10.1. The molecule has 0 radical (unpaired) electrons. The van der Waals surface area contributed by atoms with Crippen LogP contribution in [0.4, 0.5) is 4.39 Å². The molecule has 11 heteroatoms. The molecule has 0 aliphatic carbocycles. The molecular weight excluding hydrogens is 451 g/mol. The van der Waals surface area contributed by atoms with E-state index in [-0.39, 0.29) is 47.8 Å². The Morgan fingerprint density at radius 2 is 2.00 bits per heavy atom. The minimum Gasteiger partial charge on any atom is -0.504 e. The third kappa shape index (κ3) is 4.49. The van der Waals surface area contributed by atoms with Gasteiger partial charge in [-0.15, -0.1) is 0 Å². The Morgan fingerprint density at radius 1 is 1.27 bits per heavy atom. The predicted molar refractivity (Wildman–Crippen MR) is 118 cm³/mol. The minimum atomic E-state index is -3.79. The number of nitrogens with one attached hydrogen (secondary N) is 1. The second kappa shape index (κ2) is 8.74. The van der Waals surface area contributed by atoms with Crippen molar-refractivity contribution in [3.63, 3.8) is 0 Å². The molecule has 33 heavy (non-hydrogen) atoms. The van der Waals surface area contributed by atoms with E-state index < -0.39 is 38.3 Å². The molecule has 1 aromatic carbocycles. The number of aromatic nitrogens is 2. The Hall–Kier alpha value is -3.60. The number of hydrogen-bond acceptors (Lipinski definition) is 7. The predicted octanol–water partition coefficient (Wildman–Crippen LogP) is 1.72. The van der Waals surface area contributed by atoms with Crippen LogP contribution in [0.1, 0.15) is 33.4 Å². The second-order valence-corrected chi connectivity index (χ2v) is 10.1. The highest BCUT2D eigenvalue weighted by Gasteiger charge is 2.37. The van der Waals surface area contributed by atoms with Crippen LogP contribution in [0.5, 0.6) is 5.75 Å². The summed E-state index contributed by atoms with van der Waals surface area (Å²) in [5, 5.41) is 12.2. The third-order valence-electron chi connectivity index (χ3n) is 5.58. The molecule has 0 saturated carbocycles. The van der Waals surface area contributed by atoms with Gasteiger partial charge < -0.3 is 15.3 Å². The van der Waals surface area contributed by atoms with Gasteiger partial charge in [0.25, 0.3) is 5.91 Å². The summed E-state index contributed by atoms with van der Waals surface area (Å²) in [6.45, 7) is 0.0811. The highest BCUT2D eigenvalue weighted by molar-refractivity contribution is 7.91. The van der Waals surface area contributed by atoms with Crippen LogP contribution in [-0.2, 0) is 21.2 Å². The van der Waals surface area contributed by atoms with Gasteiger partial charge in [-0.2, -0.15) is 0 Å². The molecule has 2 aromatic heterocycles. The lowest BCUT2D eigenvalue weighted by Crippen LogP contribution is -2.27. The van der Waals surface area contributed by atoms with Gasteiger partial charge in [-0.1, -0.05) is 12.1 Å². The molecule has 1 unspecified atom stereocenters. The maximum Gasteiger partial charge on any atom is 0.274 e. The molecule has 4 rings (SSSR count). The van der Waals surface area contributed by atoms with Crippen molar-refractivity contribution in [3.8, 4) is 5.75 Å². The number of pyridine rings is 2. The summed E-state index contributed by atoms with van der Waals surface area (Å²) in [7, 11) is -2.26. The lowest BCUT2D eigenvalue weighted by Gasteiger charge is -2.18. The number of rotatable bonds is 4. The van der Waals surface area contributed by atoms with Crippen molar-refractivity contribution in [3.05, 3.63) is 65.4 Å². The summed E-state index contributed by atoms with van der Waals surface area (Å²) in [6, 6.07) is 8.59. The molecule has 1 aliphatic rings. The average Bonchev–Trinajstić information content (AvgIpc) is 2.90. The molecule has 1 aliphatic heterocycles. The van der Waals surface area contributed by atoms with E-state index in [1.165, 1.54) is 42.4 Å². The average molecular weight is 472 g/mol. The van der Waals surface area contributed by atoms with E-state index in [4.69, 9.17) is 0 Å². The number of amides is 2. The third-order valence-corrected chi connectivity index (χ3v) is 7.59. The number of carbonyl (C=O) groups is 2. The Bertz CT molecular complexity index is 1340. The van der Waals surface area contributed by atoms with Crippen LogP contribution in [0.15, 0.2) is 42.6 Å².